The number of amides is 1. The highest BCUT2D eigenvalue weighted by molar-refractivity contribution is 9.11. The van der Waals surface area contributed by atoms with Crippen molar-refractivity contribution in [1.82, 2.24) is 5.32 Å². The van der Waals surface area contributed by atoms with Crippen LogP contribution in [-0.2, 0) is 11.2 Å². The Bertz CT molecular complexity index is 427. The average Bonchev–Trinajstić information content (AvgIpc) is 2.99. The molecule has 5 heteroatoms. The van der Waals surface area contributed by atoms with Gasteiger partial charge in [-0.1, -0.05) is 12.8 Å². The summed E-state index contributed by atoms with van der Waals surface area (Å²) in [6.07, 6.45) is 6.36. The maximum absolute atomic E-state index is 11.9. The fourth-order valence-electron chi connectivity index (χ4n) is 2.64. The van der Waals surface area contributed by atoms with Gasteiger partial charge in [-0.05, 0) is 53.7 Å². The minimum Gasteiger partial charge on any atom is -0.394 e. The van der Waals surface area contributed by atoms with E-state index in [4.69, 9.17) is 0 Å². The molecular weight excluding hydrogens is 326 g/mol. The minimum absolute atomic E-state index is 0.0661. The number of carbonyl (C=O) groups is 1. The molecule has 0 radical (unpaired) electrons. The highest BCUT2D eigenvalue weighted by Crippen LogP contribution is 2.29. The van der Waals surface area contributed by atoms with Crippen LogP contribution >= 0.6 is 27.3 Å². The number of halogens is 1. The van der Waals surface area contributed by atoms with E-state index in [9.17, 15) is 9.90 Å². The maximum Gasteiger partial charge on any atom is 0.220 e. The zero-order valence-corrected chi connectivity index (χ0v) is 13.4. The fraction of sp³-hybridized carbons (Fsp3) is 0.643. The quantitative estimate of drug-likeness (QED) is 0.831. The lowest BCUT2D eigenvalue weighted by Gasteiger charge is -2.27. The second-order valence-corrected chi connectivity index (χ2v) is 7.80. The lowest BCUT2D eigenvalue weighted by Crippen LogP contribution is -2.49. The topological polar surface area (TPSA) is 49.3 Å². The lowest BCUT2D eigenvalue weighted by molar-refractivity contribution is -0.123. The molecule has 0 aliphatic heterocycles. The number of hydrogen-bond donors (Lipinski definition) is 2. The van der Waals surface area contributed by atoms with Crippen molar-refractivity contribution in [1.29, 1.82) is 0 Å². The second kappa shape index (κ2) is 6.86. The summed E-state index contributed by atoms with van der Waals surface area (Å²) in [5.74, 6) is 0.0755. The lowest BCUT2D eigenvalue weighted by atomic mass is 9.98. The monoisotopic (exact) mass is 345 g/mol. The highest BCUT2D eigenvalue weighted by atomic mass is 79.9. The molecule has 3 nitrogen and oxygen atoms in total. The number of aliphatic hydroxyl groups excluding tert-OH is 1. The van der Waals surface area contributed by atoms with E-state index in [-0.39, 0.29) is 18.1 Å². The van der Waals surface area contributed by atoms with Crippen molar-refractivity contribution in [2.24, 2.45) is 0 Å². The molecule has 106 valence electrons. The first-order valence-electron chi connectivity index (χ1n) is 6.80. The van der Waals surface area contributed by atoms with Crippen LogP contribution in [0.25, 0.3) is 0 Å². The van der Waals surface area contributed by atoms with E-state index in [1.165, 1.54) is 4.88 Å². The van der Waals surface area contributed by atoms with Gasteiger partial charge in [-0.2, -0.15) is 0 Å². The third-order valence-corrected chi connectivity index (χ3v) is 5.41. The highest BCUT2D eigenvalue weighted by Gasteiger charge is 2.34. The molecule has 1 heterocycles. The molecule has 1 aromatic heterocycles. The molecule has 0 unspecified atom stereocenters. The number of aliphatic hydroxyl groups is 1. The number of thiophene rings is 1. The number of carbonyl (C=O) groups excluding carboxylic acids is 1. The predicted octanol–water partition coefficient (Wildman–Crippen LogP) is 3.25. The molecule has 2 rings (SSSR count). The fourth-order valence-corrected chi connectivity index (χ4v) is 4.17. The van der Waals surface area contributed by atoms with Gasteiger partial charge in [0.2, 0.25) is 5.91 Å². The van der Waals surface area contributed by atoms with Gasteiger partial charge in [-0.25, -0.2) is 0 Å². The van der Waals surface area contributed by atoms with Gasteiger partial charge in [0.15, 0.2) is 0 Å². The summed E-state index contributed by atoms with van der Waals surface area (Å²) in [6, 6.07) is 4.14. The summed E-state index contributed by atoms with van der Waals surface area (Å²) >= 11 is 5.16. The van der Waals surface area contributed by atoms with Crippen LogP contribution in [0, 0.1) is 0 Å². The molecule has 19 heavy (non-hydrogen) atoms. The van der Waals surface area contributed by atoms with Gasteiger partial charge in [0.05, 0.1) is 15.9 Å². The average molecular weight is 346 g/mol. The van der Waals surface area contributed by atoms with E-state index in [0.717, 1.165) is 42.3 Å². The van der Waals surface area contributed by atoms with E-state index < -0.39 is 0 Å². The number of rotatable bonds is 6. The Hall–Kier alpha value is -0.390. The van der Waals surface area contributed by atoms with Crippen molar-refractivity contribution >= 4 is 33.2 Å². The van der Waals surface area contributed by atoms with Crippen LogP contribution in [0.15, 0.2) is 15.9 Å². The first kappa shape index (κ1) is 15.0. The zero-order valence-electron chi connectivity index (χ0n) is 11.0. The van der Waals surface area contributed by atoms with Crippen LogP contribution < -0.4 is 5.32 Å². The van der Waals surface area contributed by atoms with Gasteiger partial charge in [0.25, 0.3) is 0 Å². The largest absolute Gasteiger partial charge is 0.394 e. The molecule has 1 saturated carbocycles. The Labute approximate surface area is 126 Å². The van der Waals surface area contributed by atoms with Gasteiger partial charge in [0, 0.05) is 11.3 Å². The molecule has 2 N–H and O–H groups in total. The summed E-state index contributed by atoms with van der Waals surface area (Å²) in [5, 5.41) is 12.5. The normalized spacial score (nSPS) is 17.6. The summed E-state index contributed by atoms with van der Waals surface area (Å²) in [4.78, 5) is 13.2. The molecule has 0 spiro atoms. The Morgan fingerprint density at radius 3 is 2.74 bits per heavy atom. The SMILES string of the molecule is O=C(CCCc1ccc(Br)s1)NC1(CO)CCCC1. The van der Waals surface area contributed by atoms with Crippen molar-refractivity contribution < 1.29 is 9.90 Å². The van der Waals surface area contributed by atoms with Crippen LogP contribution in [-0.4, -0.2) is 23.2 Å². The first-order chi connectivity index (χ1) is 9.13. The van der Waals surface area contributed by atoms with E-state index in [1.54, 1.807) is 11.3 Å². The smallest absolute Gasteiger partial charge is 0.220 e. The molecule has 0 bridgehead atoms. The Balaban J connectivity index is 1.72. The Morgan fingerprint density at radius 1 is 1.42 bits per heavy atom. The molecule has 1 amide bonds. The van der Waals surface area contributed by atoms with Gasteiger partial charge >= 0.3 is 0 Å². The molecule has 1 aliphatic rings. The van der Waals surface area contributed by atoms with Gasteiger partial charge in [-0.15, -0.1) is 11.3 Å². The van der Waals surface area contributed by atoms with Crippen LogP contribution in [0.5, 0.6) is 0 Å². The van der Waals surface area contributed by atoms with Crippen molar-refractivity contribution in [3.8, 4) is 0 Å². The summed E-state index contributed by atoms with van der Waals surface area (Å²) in [5.41, 5.74) is -0.330. The third kappa shape index (κ3) is 4.29. The van der Waals surface area contributed by atoms with E-state index >= 15 is 0 Å². The third-order valence-electron chi connectivity index (χ3n) is 3.72. The van der Waals surface area contributed by atoms with Crippen molar-refractivity contribution in [2.75, 3.05) is 6.61 Å². The van der Waals surface area contributed by atoms with E-state index in [1.807, 2.05) is 6.07 Å². The number of aryl methyl sites for hydroxylation is 1. The molecule has 1 fully saturated rings. The van der Waals surface area contributed by atoms with Gasteiger partial charge in [0.1, 0.15) is 0 Å². The maximum atomic E-state index is 11.9. The molecule has 0 aromatic carbocycles. The molecule has 0 saturated heterocycles. The summed E-state index contributed by atoms with van der Waals surface area (Å²) in [6.45, 7) is 0.0661. The number of hydrogen-bond acceptors (Lipinski definition) is 3. The first-order valence-corrected chi connectivity index (χ1v) is 8.41. The molecule has 1 aliphatic carbocycles. The van der Waals surface area contributed by atoms with E-state index in [0.29, 0.717) is 6.42 Å². The zero-order chi connectivity index (χ0) is 13.7. The van der Waals surface area contributed by atoms with Crippen LogP contribution in [0.2, 0.25) is 0 Å². The van der Waals surface area contributed by atoms with Crippen molar-refractivity contribution in [3.63, 3.8) is 0 Å². The van der Waals surface area contributed by atoms with Crippen molar-refractivity contribution in [2.45, 2.75) is 50.5 Å². The van der Waals surface area contributed by atoms with Crippen LogP contribution in [0.3, 0.4) is 0 Å². The van der Waals surface area contributed by atoms with Crippen LogP contribution in [0.1, 0.15) is 43.4 Å². The molecule has 1 aromatic rings. The van der Waals surface area contributed by atoms with Crippen molar-refractivity contribution in [3.05, 3.63) is 20.8 Å². The minimum atomic E-state index is -0.330. The Kier molecular flexibility index (Phi) is 5.42. The van der Waals surface area contributed by atoms with E-state index in [2.05, 4.69) is 27.3 Å². The predicted molar refractivity (Wildman–Crippen MR) is 81.4 cm³/mol. The standard InChI is InChI=1S/C14H20BrNO2S/c15-12-7-6-11(19-12)4-3-5-13(18)16-14(10-17)8-1-2-9-14/h6-7,17H,1-5,8-10H2,(H,16,18). The molecular formula is C14H20BrNO2S. The summed E-state index contributed by atoms with van der Waals surface area (Å²) in [7, 11) is 0. The summed E-state index contributed by atoms with van der Waals surface area (Å²) < 4.78 is 1.14. The Morgan fingerprint density at radius 2 is 2.16 bits per heavy atom. The molecule has 0 atom stereocenters. The van der Waals surface area contributed by atoms with Gasteiger partial charge in [-0.3, -0.25) is 4.79 Å². The second-order valence-electron chi connectivity index (χ2n) is 5.25. The number of nitrogens with one attached hydrogen (secondary N) is 1. The van der Waals surface area contributed by atoms with Gasteiger partial charge < -0.3 is 10.4 Å². The van der Waals surface area contributed by atoms with Crippen LogP contribution in [0.4, 0.5) is 0 Å².